The van der Waals surface area contributed by atoms with E-state index in [1.54, 1.807) is 12.2 Å². The average Bonchev–Trinajstić information content (AvgIpc) is 3.45. The molecule has 6 atom stereocenters. The molecule has 0 bridgehead atoms. The van der Waals surface area contributed by atoms with E-state index in [2.05, 4.69) is 83.4 Å². The summed E-state index contributed by atoms with van der Waals surface area (Å²) in [5.41, 5.74) is -0.671. The van der Waals surface area contributed by atoms with Gasteiger partial charge in [0.1, 0.15) is 0 Å². The number of rotatable bonds is 12. The molecule has 42 heavy (non-hydrogen) atoms. The van der Waals surface area contributed by atoms with E-state index >= 15 is 0 Å². The van der Waals surface area contributed by atoms with Crippen LogP contribution in [0.3, 0.4) is 0 Å². The molecule has 0 radical (unpaired) electrons. The minimum atomic E-state index is -0.445. The summed E-state index contributed by atoms with van der Waals surface area (Å²) in [6.45, 7) is 16.4. The normalized spacial score (nSPS) is 12.6. The van der Waals surface area contributed by atoms with Crippen molar-refractivity contribution in [3.63, 3.8) is 0 Å². The molecule has 0 aromatic rings. The largest absolute Gasteiger partial charge is 0.466 e. The highest BCUT2D eigenvalue weighted by atomic mass is 33.1. The zero-order chi connectivity index (χ0) is 34.0. The van der Waals surface area contributed by atoms with Gasteiger partial charge in [-0.3, -0.25) is 9.59 Å². The molecule has 0 saturated carbocycles. The quantitative estimate of drug-likeness (QED) is 0.110. The number of allylic oxidation sites excluding steroid dienone is 4. The monoisotopic (exact) mass is 774 g/mol. The fraction of sp³-hybridized carbons (Fsp3) is 0.583. The van der Waals surface area contributed by atoms with E-state index in [0.29, 0.717) is 26.1 Å². The Balaban J connectivity index is -0.000000147. The Hall–Kier alpha value is 0.590. The molecule has 0 aliphatic heterocycles. The van der Waals surface area contributed by atoms with Crippen molar-refractivity contribution in [3.8, 4) is 0 Å². The summed E-state index contributed by atoms with van der Waals surface area (Å²) in [6, 6.07) is 0. The second-order valence-corrected chi connectivity index (χ2v) is 31.6. The van der Waals surface area contributed by atoms with Gasteiger partial charge in [-0.1, -0.05) is 46.1 Å². The summed E-state index contributed by atoms with van der Waals surface area (Å²) >= 11 is 8.25. The number of hydrogen-bond acceptors (Lipinski definition) is 10. The molecule has 0 fully saturated rings. The van der Waals surface area contributed by atoms with Crippen molar-refractivity contribution in [2.24, 2.45) is 10.8 Å². The average molecular weight is 775 g/mol. The lowest BCUT2D eigenvalue weighted by Gasteiger charge is -2.27. The Morgan fingerprint density at radius 1 is 0.976 bits per heavy atom. The van der Waals surface area contributed by atoms with Crippen LogP contribution in [0.15, 0.2) is 37.5 Å². The molecule has 242 valence electrons. The van der Waals surface area contributed by atoms with Crippen LogP contribution < -0.4 is 0 Å². The lowest BCUT2D eigenvalue weighted by Crippen LogP contribution is -2.31. The highest BCUT2D eigenvalue weighted by Crippen LogP contribution is 2.92. The predicted molar refractivity (Wildman–Crippen MR) is 200 cm³/mol. The maximum absolute atomic E-state index is 11.8. The standard InChI is InChI=1S/C12H20O2.C10H16O2.2CO2.H9P7.S3/c1-5-9-12(7-3,10-6-2)11(13)14-8-4;1-3-10(7-5-6-8-10)9(11)12-4-2;2*2-1-3;1-5-7(4)6(2)3;1-3-2/h5-6H,1-2,7-10H2,3-4H3;5-6H,3-4,7-8H2,1-2H3;;;5H,1-4H2;. The third-order valence-electron chi connectivity index (χ3n) is 5.41. The van der Waals surface area contributed by atoms with E-state index in [-0.39, 0.29) is 43.6 Å². The van der Waals surface area contributed by atoms with Crippen molar-refractivity contribution in [2.75, 3.05) is 13.2 Å². The molecule has 0 spiro atoms. The zero-order valence-corrected chi connectivity index (χ0v) is 34.4. The lowest BCUT2D eigenvalue weighted by atomic mass is 9.79. The Bertz CT molecular complexity index is 828. The van der Waals surface area contributed by atoms with E-state index in [1.807, 2.05) is 27.7 Å². The molecule has 0 heterocycles. The smallest absolute Gasteiger partial charge is 0.373 e. The van der Waals surface area contributed by atoms with Gasteiger partial charge in [0.25, 0.3) is 0 Å². The van der Waals surface area contributed by atoms with Gasteiger partial charge in [-0.25, -0.2) is 0 Å². The molecule has 0 amide bonds. The fourth-order valence-electron chi connectivity index (χ4n) is 3.17. The summed E-state index contributed by atoms with van der Waals surface area (Å²) in [7, 11) is 13.3. The van der Waals surface area contributed by atoms with Gasteiger partial charge in [-0.2, -0.15) is 19.2 Å². The molecule has 6 unspecified atom stereocenters. The molecule has 0 N–H and O–H groups in total. The van der Waals surface area contributed by atoms with Crippen LogP contribution >= 0.6 is 57.6 Å². The first-order valence-electron chi connectivity index (χ1n) is 12.3. The van der Waals surface area contributed by atoms with E-state index in [4.69, 9.17) is 28.7 Å². The van der Waals surface area contributed by atoms with Crippen LogP contribution in [-0.2, 0) is 69.5 Å². The van der Waals surface area contributed by atoms with E-state index in [1.165, 1.54) is 0 Å². The topological polar surface area (TPSA) is 121 Å². The van der Waals surface area contributed by atoms with E-state index < -0.39 is 5.41 Å². The molecule has 18 heteroatoms. The fourth-order valence-corrected chi connectivity index (χ4v) is 19.3. The summed E-state index contributed by atoms with van der Waals surface area (Å²) < 4.78 is 10.1. The van der Waals surface area contributed by atoms with Crippen LogP contribution in [0.4, 0.5) is 0 Å². The Morgan fingerprint density at radius 2 is 1.36 bits per heavy atom. The van der Waals surface area contributed by atoms with Gasteiger partial charge in [0.05, 0.1) is 24.0 Å². The number of esters is 2. The van der Waals surface area contributed by atoms with Gasteiger partial charge in [-0.05, 0) is 66.3 Å². The highest BCUT2D eigenvalue weighted by Gasteiger charge is 2.38. The van der Waals surface area contributed by atoms with Crippen molar-refractivity contribution in [3.05, 3.63) is 37.5 Å². The van der Waals surface area contributed by atoms with Gasteiger partial charge in [0, 0.05) is 31.3 Å². The minimum absolute atomic E-state index is 0.0301. The summed E-state index contributed by atoms with van der Waals surface area (Å²) in [4.78, 5) is 55.8. The van der Waals surface area contributed by atoms with Crippen molar-refractivity contribution in [1.82, 2.24) is 0 Å². The Labute approximate surface area is 277 Å². The molecule has 1 aliphatic rings. The first-order chi connectivity index (χ1) is 19.8. The van der Waals surface area contributed by atoms with Crippen LogP contribution in [0.5, 0.6) is 0 Å². The van der Waals surface area contributed by atoms with Crippen molar-refractivity contribution in [2.45, 2.75) is 66.2 Å². The minimum Gasteiger partial charge on any atom is -0.466 e. The number of ether oxygens (including phenoxy) is 2. The molecular weight excluding hydrogens is 729 g/mol. The molecule has 0 saturated heterocycles. The van der Waals surface area contributed by atoms with Gasteiger partial charge >= 0.3 is 24.2 Å². The predicted octanol–water partition coefficient (Wildman–Crippen LogP) is 7.84. The van der Waals surface area contributed by atoms with Gasteiger partial charge in [0.2, 0.25) is 0 Å². The van der Waals surface area contributed by atoms with Crippen LogP contribution in [0, 0.1) is 10.8 Å². The van der Waals surface area contributed by atoms with E-state index in [0.717, 1.165) is 42.5 Å². The second kappa shape index (κ2) is 37.8. The molecule has 8 nitrogen and oxygen atoms in total. The van der Waals surface area contributed by atoms with Gasteiger partial charge < -0.3 is 9.47 Å². The van der Waals surface area contributed by atoms with Crippen molar-refractivity contribution >= 4 is 113 Å². The number of carbonyl (C=O) groups is 2. The number of hydrogen-bond donors (Lipinski definition) is 0. The van der Waals surface area contributed by atoms with Gasteiger partial charge in [0.15, 0.2) is 0 Å². The first kappa shape index (κ1) is 52.1. The molecule has 0 aromatic carbocycles. The van der Waals surface area contributed by atoms with Crippen molar-refractivity contribution in [1.29, 1.82) is 0 Å². The van der Waals surface area contributed by atoms with Gasteiger partial charge in [-0.15, -0.1) is 48.9 Å². The summed E-state index contributed by atoms with van der Waals surface area (Å²) in [5, 5.41) is 0. The third kappa shape index (κ3) is 28.1. The van der Waals surface area contributed by atoms with Crippen LogP contribution in [0.25, 0.3) is 0 Å². The van der Waals surface area contributed by atoms with Crippen molar-refractivity contribution < 1.29 is 38.2 Å². The molecule has 0 aromatic heterocycles. The lowest BCUT2D eigenvalue weighted by molar-refractivity contribution is -0.193. The maximum Gasteiger partial charge on any atom is 0.373 e. The highest BCUT2D eigenvalue weighted by molar-refractivity contribution is 8.98. The summed E-state index contributed by atoms with van der Waals surface area (Å²) in [6.07, 6.45) is 12.8. The van der Waals surface area contributed by atoms with Crippen LogP contribution in [0.2, 0.25) is 0 Å². The third-order valence-corrected chi connectivity index (χ3v) is 35.9. The molecule has 1 aliphatic carbocycles. The van der Waals surface area contributed by atoms with Crippen LogP contribution in [-0.4, -0.2) is 37.5 Å². The first-order valence-corrected chi connectivity index (χ1v) is 26.8. The maximum atomic E-state index is 11.8. The Morgan fingerprint density at radius 3 is 1.57 bits per heavy atom. The molecular formula is C24H45O8P7S3. The second-order valence-electron chi connectivity index (χ2n) is 7.66. The number of carbonyl (C=O) groups excluding carboxylic acids is 6. The summed E-state index contributed by atoms with van der Waals surface area (Å²) in [5.74, 6) is -0.167. The molecule has 1 rings (SSSR count). The zero-order valence-electron chi connectivity index (χ0n) is 24.6. The SMILES string of the molecule is C=CCC(CC)(CC=C)C(=O)OCC.CCOC(=O)C1(CC)CC=CC1.O=C=O.O=C=O.PPP(P)P(P)P.S=S=S. The van der Waals surface area contributed by atoms with E-state index in [9.17, 15) is 9.59 Å². The van der Waals surface area contributed by atoms with Crippen LogP contribution in [0.1, 0.15) is 66.2 Å². The Kier molecular flexibility index (Phi) is 46.9.